The zero-order valence-electron chi connectivity index (χ0n) is 12.6. The normalized spacial score (nSPS) is 25.1. The molecule has 23 heavy (non-hydrogen) atoms. The summed E-state index contributed by atoms with van der Waals surface area (Å²) in [5.41, 5.74) is 1.48. The molecule has 1 atom stereocenters. The highest BCUT2D eigenvalue weighted by molar-refractivity contribution is 7.13. The number of nitrogens with zero attached hydrogens (tertiary/aromatic N) is 6. The van der Waals surface area contributed by atoms with Crippen molar-refractivity contribution in [2.24, 2.45) is 0 Å². The van der Waals surface area contributed by atoms with Crippen molar-refractivity contribution in [2.45, 2.75) is 18.4 Å². The minimum absolute atomic E-state index is 0.264. The molecule has 0 aliphatic carbocycles. The Bertz CT molecular complexity index is 650. The summed E-state index contributed by atoms with van der Waals surface area (Å²) in [5, 5.41) is 9.02. The quantitative estimate of drug-likeness (QED) is 0.820. The van der Waals surface area contributed by atoms with Gasteiger partial charge in [0.25, 0.3) is 0 Å². The van der Waals surface area contributed by atoms with Crippen molar-refractivity contribution in [3.8, 4) is 0 Å². The van der Waals surface area contributed by atoms with E-state index in [-0.39, 0.29) is 5.60 Å². The zero-order valence-corrected chi connectivity index (χ0v) is 13.4. The maximum atomic E-state index is 13.0. The lowest BCUT2D eigenvalue weighted by molar-refractivity contribution is -0.0631. The largest absolute Gasteiger partial charge is 0.369 e. The molecule has 0 N–H and O–H groups in total. The molecule has 4 rings (SSSR count). The van der Waals surface area contributed by atoms with Crippen molar-refractivity contribution >= 4 is 22.4 Å². The van der Waals surface area contributed by atoms with Crippen LogP contribution in [-0.2, 0) is 4.74 Å². The molecule has 2 aliphatic heterocycles. The fourth-order valence-corrected chi connectivity index (χ4v) is 3.89. The maximum Gasteiger partial charge on any atom is 0.225 e. The van der Waals surface area contributed by atoms with Crippen molar-refractivity contribution in [3.05, 3.63) is 23.7 Å². The van der Waals surface area contributed by atoms with Crippen molar-refractivity contribution in [1.29, 1.82) is 0 Å². The summed E-state index contributed by atoms with van der Waals surface area (Å²) in [6.07, 6.45) is 4.39. The lowest BCUT2D eigenvalue weighted by atomic mass is 9.91. The Hall–Kier alpha value is -1.87. The van der Waals surface area contributed by atoms with E-state index in [0.717, 1.165) is 37.6 Å². The van der Waals surface area contributed by atoms with Crippen molar-refractivity contribution < 1.29 is 9.13 Å². The number of rotatable bonds is 2. The predicted molar refractivity (Wildman–Crippen MR) is 84.2 cm³/mol. The summed E-state index contributed by atoms with van der Waals surface area (Å²) in [5.74, 6) is 0.138. The van der Waals surface area contributed by atoms with Gasteiger partial charge < -0.3 is 14.5 Å². The molecule has 0 saturated carbocycles. The van der Waals surface area contributed by atoms with Gasteiger partial charge in [-0.3, -0.25) is 0 Å². The van der Waals surface area contributed by atoms with Gasteiger partial charge in [0, 0.05) is 13.1 Å². The van der Waals surface area contributed by atoms with Crippen LogP contribution in [0.1, 0.15) is 12.8 Å². The number of hydrogen-bond donors (Lipinski definition) is 0. The Balaban J connectivity index is 1.52. The molecular weight excluding hydrogens is 319 g/mol. The Labute approximate surface area is 137 Å². The number of morpholine rings is 1. The molecule has 0 radical (unpaired) electrons. The number of halogens is 1. The van der Waals surface area contributed by atoms with Gasteiger partial charge in [-0.1, -0.05) is 11.3 Å². The van der Waals surface area contributed by atoms with Crippen LogP contribution in [0.2, 0.25) is 0 Å². The number of piperidine rings is 1. The molecule has 7 nitrogen and oxygen atoms in total. The summed E-state index contributed by atoms with van der Waals surface area (Å²) in [7, 11) is 0. The van der Waals surface area contributed by atoms with Gasteiger partial charge in [0.15, 0.2) is 5.82 Å². The first-order valence-electron chi connectivity index (χ1n) is 7.62. The average Bonchev–Trinajstić information content (AvgIpc) is 3.10. The molecule has 4 heterocycles. The number of ether oxygens (including phenoxy) is 1. The minimum atomic E-state index is -0.420. The Morgan fingerprint density at radius 3 is 2.78 bits per heavy atom. The van der Waals surface area contributed by atoms with E-state index in [1.807, 2.05) is 0 Å². The molecule has 0 aromatic carbocycles. The van der Waals surface area contributed by atoms with Gasteiger partial charge in [0.1, 0.15) is 11.1 Å². The maximum absolute atomic E-state index is 13.0. The van der Waals surface area contributed by atoms with E-state index in [4.69, 9.17) is 4.74 Å². The smallest absolute Gasteiger partial charge is 0.225 e. The van der Waals surface area contributed by atoms with E-state index in [9.17, 15) is 4.39 Å². The van der Waals surface area contributed by atoms with Crippen molar-refractivity contribution in [2.75, 3.05) is 42.6 Å². The molecule has 1 unspecified atom stereocenters. The summed E-state index contributed by atoms with van der Waals surface area (Å²) in [6.45, 7) is 3.82. The molecule has 1 spiro atoms. The van der Waals surface area contributed by atoms with Gasteiger partial charge in [0.2, 0.25) is 11.1 Å². The first-order valence-corrected chi connectivity index (χ1v) is 8.50. The standard InChI is InChI=1S/C14H17FN6OS/c15-11-6-16-12(17-7-11)20-3-1-2-14(8-20)9-21(4-5-22-14)13-19-18-10-23-13/h6-7,10H,1-5,8-9H2. The molecule has 2 saturated heterocycles. The Kier molecular flexibility index (Phi) is 3.82. The number of anilines is 2. The topological polar surface area (TPSA) is 67.3 Å². The number of aromatic nitrogens is 4. The van der Waals surface area contributed by atoms with Gasteiger partial charge in [0.05, 0.1) is 32.1 Å². The third-order valence-electron chi connectivity index (χ3n) is 4.30. The van der Waals surface area contributed by atoms with Crippen LogP contribution < -0.4 is 9.80 Å². The first kappa shape index (κ1) is 14.7. The fourth-order valence-electron chi connectivity index (χ4n) is 3.30. The van der Waals surface area contributed by atoms with Crippen LogP contribution in [0.15, 0.2) is 17.9 Å². The van der Waals surface area contributed by atoms with E-state index < -0.39 is 5.82 Å². The van der Waals surface area contributed by atoms with Crippen LogP contribution in [-0.4, -0.2) is 58.6 Å². The zero-order chi connectivity index (χ0) is 15.7. The summed E-state index contributed by atoms with van der Waals surface area (Å²) < 4.78 is 19.2. The molecule has 2 aromatic heterocycles. The van der Waals surface area contributed by atoms with Crippen LogP contribution in [0, 0.1) is 5.82 Å². The van der Waals surface area contributed by atoms with Crippen LogP contribution in [0.5, 0.6) is 0 Å². The van der Waals surface area contributed by atoms with Gasteiger partial charge >= 0.3 is 0 Å². The average molecular weight is 336 g/mol. The first-order chi connectivity index (χ1) is 11.2. The monoisotopic (exact) mass is 336 g/mol. The second kappa shape index (κ2) is 5.97. The molecule has 0 bridgehead atoms. The minimum Gasteiger partial charge on any atom is -0.369 e. The highest BCUT2D eigenvalue weighted by Crippen LogP contribution is 2.32. The summed E-state index contributed by atoms with van der Waals surface area (Å²) >= 11 is 1.54. The van der Waals surface area contributed by atoms with Gasteiger partial charge in [-0.15, -0.1) is 10.2 Å². The van der Waals surface area contributed by atoms with Crippen molar-refractivity contribution in [3.63, 3.8) is 0 Å². The van der Waals surface area contributed by atoms with E-state index in [2.05, 4.69) is 30.0 Å². The lowest BCUT2D eigenvalue weighted by Crippen LogP contribution is -2.60. The third-order valence-corrected chi connectivity index (χ3v) is 5.05. The Morgan fingerprint density at radius 2 is 2.00 bits per heavy atom. The van der Waals surface area contributed by atoms with Crippen molar-refractivity contribution in [1.82, 2.24) is 20.2 Å². The highest BCUT2D eigenvalue weighted by Gasteiger charge is 2.41. The Morgan fingerprint density at radius 1 is 1.17 bits per heavy atom. The fraction of sp³-hybridized carbons (Fsp3) is 0.571. The van der Waals surface area contributed by atoms with E-state index in [1.165, 1.54) is 12.4 Å². The van der Waals surface area contributed by atoms with E-state index in [0.29, 0.717) is 19.1 Å². The SMILES string of the molecule is Fc1cnc(N2CCCC3(C2)CN(c2nncs2)CCO3)nc1. The van der Waals surface area contributed by atoms with Crippen LogP contribution in [0.4, 0.5) is 15.5 Å². The summed E-state index contributed by atoms with van der Waals surface area (Å²) in [4.78, 5) is 12.5. The van der Waals surface area contributed by atoms with Gasteiger partial charge in [-0.2, -0.15) is 0 Å². The van der Waals surface area contributed by atoms with Gasteiger partial charge in [-0.05, 0) is 12.8 Å². The molecule has 2 fully saturated rings. The molecule has 122 valence electrons. The predicted octanol–water partition coefficient (Wildman–Crippen LogP) is 1.34. The second-order valence-corrected chi connectivity index (χ2v) is 6.71. The number of hydrogen-bond acceptors (Lipinski definition) is 8. The molecule has 0 amide bonds. The third kappa shape index (κ3) is 2.98. The highest BCUT2D eigenvalue weighted by atomic mass is 32.1. The van der Waals surface area contributed by atoms with E-state index in [1.54, 1.807) is 16.8 Å². The van der Waals surface area contributed by atoms with Crippen LogP contribution >= 0.6 is 11.3 Å². The lowest BCUT2D eigenvalue weighted by Gasteiger charge is -2.47. The molecule has 2 aliphatic rings. The summed E-state index contributed by atoms with van der Waals surface area (Å²) in [6, 6.07) is 0. The van der Waals surface area contributed by atoms with Crippen LogP contribution in [0.3, 0.4) is 0 Å². The molecule has 9 heteroatoms. The molecule has 2 aromatic rings. The van der Waals surface area contributed by atoms with Crippen LogP contribution in [0.25, 0.3) is 0 Å². The van der Waals surface area contributed by atoms with Gasteiger partial charge in [-0.25, -0.2) is 14.4 Å². The van der Waals surface area contributed by atoms with E-state index >= 15 is 0 Å². The second-order valence-electron chi connectivity index (χ2n) is 5.90. The molecular formula is C14H17FN6OS.